The second-order valence-electron chi connectivity index (χ2n) is 3.91. The van der Waals surface area contributed by atoms with E-state index in [4.69, 9.17) is 9.15 Å². The van der Waals surface area contributed by atoms with E-state index in [-0.39, 0.29) is 11.9 Å². The van der Waals surface area contributed by atoms with Gasteiger partial charge in [-0.2, -0.15) is 0 Å². The molecule has 0 saturated heterocycles. The topological polar surface area (TPSA) is 63.5 Å². The maximum absolute atomic E-state index is 11.4. The molecule has 1 rings (SSSR count). The van der Waals surface area contributed by atoms with E-state index in [0.717, 1.165) is 12.2 Å². The number of ether oxygens (including phenoxy) is 1. The van der Waals surface area contributed by atoms with Gasteiger partial charge in [0.1, 0.15) is 5.76 Å². The summed E-state index contributed by atoms with van der Waals surface area (Å²) in [5.74, 6) is 0.901. The lowest BCUT2D eigenvalue weighted by atomic mass is 10.2. The van der Waals surface area contributed by atoms with Crippen LogP contribution in [0.4, 0.5) is 0 Å². The number of carbonyl (C=O) groups is 1. The number of hydrogen-bond acceptors (Lipinski definition) is 4. The molecule has 0 aliphatic rings. The third-order valence-electron chi connectivity index (χ3n) is 2.33. The number of furan rings is 1. The van der Waals surface area contributed by atoms with Crippen molar-refractivity contribution in [2.45, 2.75) is 19.4 Å². The Bertz CT molecular complexity index is 312. The highest BCUT2D eigenvalue weighted by molar-refractivity contribution is 5.77. The zero-order chi connectivity index (χ0) is 12.5. The number of rotatable bonds is 8. The molecule has 5 nitrogen and oxygen atoms in total. The van der Waals surface area contributed by atoms with Gasteiger partial charge in [-0.3, -0.25) is 4.79 Å². The molecule has 0 spiro atoms. The molecule has 0 aromatic carbocycles. The van der Waals surface area contributed by atoms with Crippen LogP contribution in [0.3, 0.4) is 0 Å². The fraction of sp³-hybridized carbons (Fsp3) is 0.583. The quantitative estimate of drug-likeness (QED) is 0.652. The summed E-state index contributed by atoms with van der Waals surface area (Å²) in [6.45, 7) is 3.41. The van der Waals surface area contributed by atoms with Crippen molar-refractivity contribution >= 4 is 5.91 Å². The van der Waals surface area contributed by atoms with Crippen LogP contribution in [0.15, 0.2) is 22.8 Å². The lowest BCUT2D eigenvalue weighted by Crippen LogP contribution is -2.39. The summed E-state index contributed by atoms with van der Waals surface area (Å²) in [6, 6.07) is 3.99. The van der Waals surface area contributed by atoms with Crippen LogP contribution in [0.25, 0.3) is 0 Å². The fourth-order valence-electron chi connectivity index (χ4n) is 1.42. The predicted molar refractivity (Wildman–Crippen MR) is 64.8 cm³/mol. The van der Waals surface area contributed by atoms with E-state index in [1.165, 1.54) is 0 Å². The van der Waals surface area contributed by atoms with E-state index >= 15 is 0 Å². The lowest BCUT2D eigenvalue weighted by Gasteiger charge is -2.12. The van der Waals surface area contributed by atoms with E-state index in [0.29, 0.717) is 19.7 Å². The Balaban J connectivity index is 2.10. The minimum absolute atomic E-state index is 0.0201. The van der Waals surface area contributed by atoms with Crippen LogP contribution >= 0.6 is 0 Å². The summed E-state index contributed by atoms with van der Waals surface area (Å²) in [4.78, 5) is 11.4. The lowest BCUT2D eigenvalue weighted by molar-refractivity contribution is -0.120. The van der Waals surface area contributed by atoms with E-state index in [1.807, 2.05) is 19.1 Å². The first-order valence-corrected chi connectivity index (χ1v) is 5.73. The third-order valence-corrected chi connectivity index (χ3v) is 2.33. The Kier molecular flexibility index (Phi) is 6.35. The van der Waals surface area contributed by atoms with Crippen molar-refractivity contribution in [3.8, 4) is 0 Å². The third kappa shape index (κ3) is 6.09. The van der Waals surface area contributed by atoms with Gasteiger partial charge in [-0.15, -0.1) is 0 Å². The first-order chi connectivity index (χ1) is 8.22. The zero-order valence-electron chi connectivity index (χ0n) is 10.4. The standard InChI is InChI=1S/C12H20N2O3/c1-10(8-11-4-3-6-17-11)14-9-12(15)13-5-7-16-2/h3-4,6,10,14H,5,7-9H2,1-2H3,(H,13,15). The predicted octanol–water partition coefficient (Wildman–Crippen LogP) is 0.563. The highest BCUT2D eigenvalue weighted by Crippen LogP contribution is 2.03. The first-order valence-electron chi connectivity index (χ1n) is 5.73. The Hall–Kier alpha value is -1.33. The van der Waals surface area contributed by atoms with Gasteiger partial charge in [-0.25, -0.2) is 0 Å². The number of methoxy groups -OCH3 is 1. The van der Waals surface area contributed by atoms with Crippen LogP contribution < -0.4 is 10.6 Å². The molecular weight excluding hydrogens is 220 g/mol. The Morgan fingerprint density at radius 3 is 3.06 bits per heavy atom. The van der Waals surface area contributed by atoms with Gasteiger partial charge in [0.2, 0.25) is 5.91 Å². The number of carbonyl (C=O) groups excluding carboxylic acids is 1. The SMILES string of the molecule is COCCNC(=O)CNC(C)Cc1ccco1. The Morgan fingerprint density at radius 2 is 2.41 bits per heavy atom. The average Bonchev–Trinajstić information content (AvgIpc) is 2.79. The first kappa shape index (κ1) is 13.7. The summed E-state index contributed by atoms with van der Waals surface area (Å²) in [7, 11) is 1.61. The molecule has 0 saturated carbocycles. The molecular formula is C12H20N2O3. The van der Waals surface area contributed by atoms with E-state index in [1.54, 1.807) is 13.4 Å². The minimum atomic E-state index is -0.0201. The minimum Gasteiger partial charge on any atom is -0.469 e. The monoisotopic (exact) mass is 240 g/mol. The van der Waals surface area contributed by atoms with Gasteiger partial charge in [0.15, 0.2) is 0 Å². The van der Waals surface area contributed by atoms with Crippen molar-refractivity contribution < 1.29 is 13.9 Å². The van der Waals surface area contributed by atoms with Gasteiger partial charge in [0.05, 0.1) is 19.4 Å². The molecule has 1 atom stereocenters. The molecule has 96 valence electrons. The Labute approximate surface area is 102 Å². The molecule has 2 N–H and O–H groups in total. The van der Waals surface area contributed by atoms with Gasteiger partial charge in [-0.1, -0.05) is 0 Å². The van der Waals surface area contributed by atoms with Gasteiger partial charge in [-0.05, 0) is 19.1 Å². The molecule has 5 heteroatoms. The van der Waals surface area contributed by atoms with E-state index in [2.05, 4.69) is 10.6 Å². The summed E-state index contributed by atoms with van der Waals surface area (Å²) in [5.41, 5.74) is 0. The molecule has 1 amide bonds. The number of amides is 1. The molecule has 0 radical (unpaired) electrons. The number of nitrogens with one attached hydrogen (secondary N) is 2. The highest BCUT2D eigenvalue weighted by Gasteiger charge is 2.07. The molecule has 1 aromatic heterocycles. The average molecular weight is 240 g/mol. The number of hydrogen-bond donors (Lipinski definition) is 2. The van der Waals surface area contributed by atoms with Crippen LogP contribution in [-0.2, 0) is 16.0 Å². The van der Waals surface area contributed by atoms with Crippen LogP contribution in [-0.4, -0.2) is 38.8 Å². The van der Waals surface area contributed by atoms with Crippen LogP contribution in [0, 0.1) is 0 Å². The van der Waals surface area contributed by atoms with Crippen molar-refractivity contribution in [3.63, 3.8) is 0 Å². The van der Waals surface area contributed by atoms with Crippen LogP contribution in [0.2, 0.25) is 0 Å². The normalized spacial score (nSPS) is 12.4. The molecule has 0 bridgehead atoms. The second kappa shape index (κ2) is 7.86. The second-order valence-corrected chi connectivity index (χ2v) is 3.91. The fourth-order valence-corrected chi connectivity index (χ4v) is 1.42. The summed E-state index contributed by atoms with van der Waals surface area (Å²) < 4.78 is 10.1. The smallest absolute Gasteiger partial charge is 0.234 e. The summed E-state index contributed by atoms with van der Waals surface area (Å²) >= 11 is 0. The molecule has 1 heterocycles. The van der Waals surface area contributed by atoms with Crippen LogP contribution in [0.1, 0.15) is 12.7 Å². The van der Waals surface area contributed by atoms with Crippen molar-refractivity contribution in [2.75, 3.05) is 26.8 Å². The van der Waals surface area contributed by atoms with Gasteiger partial charge in [0.25, 0.3) is 0 Å². The van der Waals surface area contributed by atoms with Gasteiger partial charge < -0.3 is 19.8 Å². The van der Waals surface area contributed by atoms with Crippen molar-refractivity contribution in [2.24, 2.45) is 0 Å². The maximum atomic E-state index is 11.4. The molecule has 0 fully saturated rings. The molecule has 17 heavy (non-hydrogen) atoms. The van der Waals surface area contributed by atoms with Gasteiger partial charge >= 0.3 is 0 Å². The van der Waals surface area contributed by atoms with E-state index < -0.39 is 0 Å². The summed E-state index contributed by atoms with van der Waals surface area (Å²) in [5, 5.41) is 5.88. The maximum Gasteiger partial charge on any atom is 0.234 e. The molecule has 1 unspecified atom stereocenters. The molecule has 1 aromatic rings. The van der Waals surface area contributed by atoms with Crippen LogP contribution in [0.5, 0.6) is 0 Å². The molecule has 0 aliphatic heterocycles. The largest absolute Gasteiger partial charge is 0.469 e. The van der Waals surface area contributed by atoms with Gasteiger partial charge in [0, 0.05) is 26.1 Å². The summed E-state index contributed by atoms with van der Waals surface area (Å²) in [6.07, 6.45) is 2.43. The van der Waals surface area contributed by atoms with Crippen molar-refractivity contribution in [1.29, 1.82) is 0 Å². The van der Waals surface area contributed by atoms with E-state index in [9.17, 15) is 4.79 Å². The zero-order valence-corrected chi connectivity index (χ0v) is 10.4. The Morgan fingerprint density at radius 1 is 1.59 bits per heavy atom. The molecule has 0 aliphatic carbocycles. The highest BCUT2D eigenvalue weighted by atomic mass is 16.5. The van der Waals surface area contributed by atoms with Crippen molar-refractivity contribution in [1.82, 2.24) is 10.6 Å². The van der Waals surface area contributed by atoms with Crippen molar-refractivity contribution in [3.05, 3.63) is 24.2 Å².